The van der Waals surface area contributed by atoms with Crippen molar-refractivity contribution in [2.75, 3.05) is 13.7 Å². The lowest BCUT2D eigenvalue weighted by atomic mass is 10.2. The van der Waals surface area contributed by atoms with Gasteiger partial charge >= 0.3 is 0 Å². The molecule has 1 aliphatic rings. The van der Waals surface area contributed by atoms with Gasteiger partial charge in [-0.25, -0.2) is 4.68 Å². The summed E-state index contributed by atoms with van der Waals surface area (Å²) in [6, 6.07) is 0.214. The summed E-state index contributed by atoms with van der Waals surface area (Å²) in [6.45, 7) is 2.75. The van der Waals surface area contributed by atoms with Gasteiger partial charge in [0.25, 0.3) is 0 Å². The standard InChI is InChI=1S/C11H18N4OS/c1-3-8(6-16-2)15-10(7-4-5-7)9(11(12)17)13-14-15/h7-8H,3-6H2,1-2H3,(H2,12,17). The highest BCUT2D eigenvalue weighted by Crippen LogP contribution is 2.42. The summed E-state index contributed by atoms with van der Waals surface area (Å²) in [4.78, 5) is 0.338. The number of methoxy groups -OCH3 is 1. The fourth-order valence-electron chi connectivity index (χ4n) is 2.04. The number of nitrogens with zero attached hydrogens (tertiary/aromatic N) is 3. The van der Waals surface area contributed by atoms with E-state index in [2.05, 4.69) is 17.2 Å². The van der Waals surface area contributed by atoms with E-state index >= 15 is 0 Å². The molecule has 1 aromatic heterocycles. The maximum absolute atomic E-state index is 5.69. The fraction of sp³-hybridized carbons (Fsp3) is 0.727. The Morgan fingerprint density at radius 1 is 1.65 bits per heavy atom. The summed E-state index contributed by atoms with van der Waals surface area (Å²) in [5, 5.41) is 8.33. The molecule has 1 aromatic rings. The molecule has 94 valence electrons. The maximum Gasteiger partial charge on any atom is 0.143 e. The van der Waals surface area contributed by atoms with Gasteiger partial charge < -0.3 is 10.5 Å². The van der Waals surface area contributed by atoms with Gasteiger partial charge in [0.05, 0.1) is 18.3 Å². The summed E-state index contributed by atoms with van der Waals surface area (Å²) >= 11 is 5.03. The van der Waals surface area contributed by atoms with Crippen LogP contribution in [0.15, 0.2) is 0 Å². The first kappa shape index (κ1) is 12.4. The maximum atomic E-state index is 5.69. The van der Waals surface area contributed by atoms with E-state index in [0.717, 1.165) is 12.1 Å². The Morgan fingerprint density at radius 3 is 2.82 bits per heavy atom. The lowest BCUT2D eigenvalue weighted by Gasteiger charge is -2.16. The second-order valence-electron chi connectivity index (χ2n) is 4.42. The van der Waals surface area contributed by atoms with Crippen molar-refractivity contribution in [1.29, 1.82) is 0 Å². The highest BCUT2D eigenvalue weighted by Gasteiger charge is 2.33. The average Bonchev–Trinajstić information content (AvgIpc) is 3.05. The number of rotatable bonds is 6. The third-order valence-electron chi connectivity index (χ3n) is 3.10. The molecule has 6 heteroatoms. The van der Waals surface area contributed by atoms with E-state index in [1.165, 1.54) is 12.8 Å². The van der Waals surface area contributed by atoms with Gasteiger partial charge in [0, 0.05) is 13.0 Å². The summed E-state index contributed by atoms with van der Waals surface area (Å²) in [5.74, 6) is 0.521. The van der Waals surface area contributed by atoms with Crippen molar-refractivity contribution < 1.29 is 4.74 Å². The van der Waals surface area contributed by atoms with E-state index in [4.69, 9.17) is 22.7 Å². The van der Waals surface area contributed by atoms with E-state index in [1.54, 1.807) is 7.11 Å². The number of nitrogens with two attached hydrogens (primary N) is 1. The van der Waals surface area contributed by atoms with Gasteiger partial charge in [0.1, 0.15) is 10.7 Å². The van der Waals surface area contributed by atoms with Crippen molar-refractivity contribution in [3.8, 4) is 0 Å². The SMILES string of the molecule is CCC(COC)n1nnc(C(N)=S)c1C1CC1. The third kappa shape index (κ3) is 2.47. The Hall–Kier alpha value is -1.01. The second-order valence-corrected chi connectivity index (χ2v) is 4.86. The fourth-order valence-corrected chi connectivity index (χ4v) is 2.18. The Morgan fingerprint density at radius 2 is 2.35 bits per heavy atom. The minimum absolute atomic E-state index is 0.214. The molecule has 0 saturated heterocycles. The van der Waals surface area contributed by atoms with Crippen molar-refractivity contribution in [3.63, 3.8) is 0 Å². The first-order valence-corrected chi connectivity index (χ1v) is 6.33. The summed E-state index contributed by atoms with van der Waals surface area (Å²) in [5.41, 5.74) is 7.48. The zero-order chi connectivity index (χ0) is 12.4. The molecule has 1 unspecified atom stereocenters. The van der Waals surface area contributed by atoms with Crippen LogP contribution in [-0.2, 0) is 4.74 Å². The van der Waals surface area contributed by atoms with E-state index in [1.807, 2.05) is 4.68 Å². The van der Waals surface area contributed by atoms with E-state index in [0.29, 0.717) is 23.2 Å². The smallest absolute Gasteiger partial charge is 0.143 e. The van der Waals surface area contributed by atoms with Crippen LogP contribution in [0.4, 0.5) is 0 Å². The molecule has 17 heavy (non-hydrogen) atoms. The minimum Gasteiger partial charge on any atom is -0.388 e. The Balaban J connectivity index is 2.35. The van der Waals surface area contributed by atoms with Gasteiger partial charge in [-0.05, 0) is 19.3 Å². The predicted octanol–water partition coefficient (Wildman–Crippen LogP) is 1.39. The van der Waals surface area contributed by atoms with Crippen molar-refractivity contribution >= 4 is 17.2 Å². The number of ether oxygens (including phenoxy) is 1. The minimum atomic E-state index is 0.214. The Kier molecular flexibility index (Phi) is 3.73. The highest BCUT2D eigenvalue weighted by molar-refractivity contribution is 7.80. The predicted molar refractivity (Wildman–Crippen MR) is 69.1 cm³/mol. The molecule has 1 saturated carbocycles. The van der Waals surface area contributed by atoms with Gasteiger partial charge in [-0.3, -0.25) is 0 Å². The van der Waals surface area contributed by atoms with Crippen LogP contribution in [0, 0.1) is 0 Å². The number of thiocarbonyl (C=S) groups is 1. The molecule has 0 radical (unpaired) electrons. The van der Waals surface area contributed by atoms with Crippen molar-refractivity contribution in [3.05, 3.63) is 11.4 Å². The monoisotopic (exact) mass is 254 g/mol. The van der Waals surface area contributed by atoms with Crippen molar-refractivity contribution in [1.82, 2.24) is 15.0 Å². The zero-order valence-corrected chi connectivity index (χ0v) is 11.0. The van der Waals surface area contributed by atoms with Crippen LogP contribution in [0.5, 0.6) is 0 Å². The molecule has 0 aromatic carbocycles. The Labute approximate surface area is 106 Å². The lowest BCUT2D eigenvalue weighted by molar-refractivity contribution is 0.145. The van der Waals surface area contributed by atoms with Gasteiger partial charge in [0.2, 0.25) is 0 Å². The highest BCUT2D eigenvalue weighted by atomic mass is 32.1. The molecule has 1 heterocycles. The van der Waals surface area contributed by atoms with Crippen LogP contribution in [0.2, 0.25) is 0 Å². The van der Waals surface area contributed by atoms with Gasteiger partial charge in [0.15, 0.2) is 0 Å². The van der Waals surface area contributed by atoms with Gasteiger partial charge in [-0.2, -0.15) is 0 Å². The number of hydrogen-bond acceptors (Lipinski definition) is 4. The van der Waals surface area contributed by atoms with Crippen LogP contribution in [0.3, 0.4) is 0 Å². The Bertz CT molecular complexity index is 414. The van der Waals surface area contributed by atoms with Gasteiger partial charge in [-0.1, -0.05) is 24.4 Å². The number of hydrogen-bond donors (Lipinski definition) is 1. The van der Waals surface area contributed by atoms with Crippen LogP contribution in [0.1, 0.15) is 49.5 Å². The average molecular weight is 254 g/mol. The zero-order valence-electron chi connectivity index (χ0n) is 10.2. The normalized spacial score (nSPS) is 17.1. The molecule has 2 rings (SSSR count). The molecular formula is C11H18N4OS. The van der Waals surface area contributed by atoms with Crippen LogP contribution in [-0.4, -0.2) is 33.7 Å². The first-order chi connectivity index (χ1) is 8.19. The molecule has 0 bridgehead atoms. The van der Waals surface area contributed by atoms with E-state index < -0.39 is 0 Å². The lowest BCUT2D eigenvalue weighted by Crippen LogP contribution is -2.19. The number of aromatic nitrogens is 3. The van der Waals surface area contributed by atoms with Crippen LogP contribution >= 0.6 is 12.2 Å². The van der Waals surface area contributed by atoms with Gasteiger partial charge in [-0.15, -0.1) is 5.10 Å². The molecule has 0 spiro atoms. The molecule has 1 fully saturated rings. The van der Waals surface area contributed by atoms with Crippen LogP contribution in [0.25, 0.3) is 0 Å². The molecule has 1 atom stereocenters. The van der Waals surface area contributed by atoms with E-state index in [9.17, 15) is 0 Å². The first-order valence-electron chi connectivity index (χ1n) is 5.92. The summed E-state index contributed by atoms with van der Waals surface area (Å²) in [7, 11) is 1.70. The summed E-state index contributed by atoms with van der Waals surface area (Å²) < 4.78 is 7.18. The second kappa shape index (κ2) is 5.10. The van der Waals surface area contributed by atoms with Crippen molar-refractivity contribution in [2.24, 2.45) is 5.73 Å². The van der Waals surface area contributed by atoms with Crippen molar-refractivity contribution in [2.45, 2.75) is 38.1 Å². The molecule has 1 aliphatic carbocycles. The molecule has 5 nitrogen and oxygen atoms in total. The quantitative estimate of drug-likeness (QED) is 0.777. The third-order valence-corrected chi connectivity index (χ3v) is 3.30. The molecule has 2 N–H and O–H groups in total. The van der Waals surface area contributed by atoms with E-state index in [-0.39, 0.29) is 6.04 Å². The summed E-state index contributed by atoms with van der Waals surface area (Å²) in [6.07, 6.45) is 3.30. The largest absolute Gasteiger partial charge is 0.388 e. The topological polar surface area (TPSA) is 66.0 Å². The molecule has 0 amide bonds. The molecule has 0 aliphatic heterocycles. The van der Waals surface area contributed by atoms with Crippen LogP contribution < -0.4 is 5.73 Å². The molecular weight excluding hydrogens is 236 g/mol.